The number of aromatic nitrogens is 2. The van der Waals surface area contributed by atoms with Crippen molar-refractivity contribution in [3.8, 4) is 5.88 Å². The number of nitrogens with zero attached hydrogens (tertiary/aromatic N) is 2. The Balaban J connectivity index is 2.26. The first kappa shape index (κ1) is 14.4. The van der Waals surface area contributed by atoms with E-state index >= 15 is 0 Å². The van der Waals surface area contributed by atoms with Crippen molar-refractivity contribution in [2.75, 3.05) is 31.7 Å². The van der Waals surface area contributed by atoms with E-state index in [2.05, 4.69) is 28.8 Å². The van der Waals surface area contributed by atoms with E-state index in [9.17, 15) is 0 Å². The molecule has 1 heterocycles. The second-order valence-electron chi connectivity index (χ2n) is 4.00. The van der Waals surface area contributed by atoms with E-state index in [1.54, 1.807) is 12.3 Å². The first-order valence-corrected chi connectivity index (χ1v) is 6.14. The van der Waals surface area contributed by atoms with Crippen LogP contribution < -0.4 is 10.1 Å². The monoisotopic (exact) mass is 251 g/mol. The van der Waals surface area contributed by atoms with Crippen molar-refractivity contribution in [3.63, 3.8) is 0 Å². The number of nitrogens with one attached hydrogen (secondary N) is 1. The first-order valence-electron chi connectivity index (χ1n) is 6.14. The summed E-state index contributed by atoms with van der Waals surface area (Å²) >= 11 is 0. The van der Waals surface area contributed by atoms with Gasteiger partial charge in [-0.1, -0.05) is 19.1 Å². The molecule has 0 amide bonds. The van der Waals surface area contributed by atoms with Crippen LogP contribution in [-0.2, 0) is 4.74 Å². The number of ether oxygens (including phenoxy) is 2. The fourth-order valence-corrected chi connectivity index (χ4v) is 1.20. The van der Waals surface area contributed by atoms with Crippen molar-refractivity contribution in [3.05, 3.63) is 24.4 Å². The van der Waals surface area contributed by atoms with Gasteiger partial charge in [0.05, 0.1) is 19.8 Å². The summed E-state index contributed by atoms with van der Waals surface area (Å²) in [5.41, 5.74) is 1.02. The highest BCUT2D eigenvalue weighted by Crippen LogP contribution is 2.08. The molecule has 0 aliphatic carbocycles. The van der Waals surface area contributed by atoms with Gasteiger partial charge in [0.25, 0.3) is 0 Å². The van der Waals surface area contributed by atoms with Crippen molar-refractivity contribution in [1.29, 1.82) is 0 Å². The predicted octanol–water partition coefficient (Wildman–Crippen LogP) is 2.27. The summed E-state index contributed by atoms with van der Waals surface area (Å²) in [4.78, 5) is 8.33. The zero-order valence-corrected chi connectivity index (χ0v) is 11.1. The quantitative estimate of drug-likeness (QED) is 0.539. The van der Waals surface area contributed by atoms with Gasteiger partial charge in [0.2, 0.25) is 11.8 Å². The zero-order valence-electron chi connectivity index (χ0n) is 11.1. The van der Waals surface area contributed by atoms with Crippen LogP contribution >= 0.6 is 0 Å². The molecule has 0 unspecified atom stereocenters. The lowest BCUT2D eigenvalue weighted by molar-refractivity contribution is 0.167. The van der Waals surface area contributed by atoms with Gasteiger partial charge < -0.3 is 14.8 Å². The van der Waals surface area contributed by atoms with Gasteiger partial charge in [0, 0.05) is 18.8 Å². The van der Waals surface area contributed by atoms with Crippen molar-refractivity contribution in [1.82, 2.24) is 9.97 Å². The summed E-state index contributed by atoms with van der Waals surface area (Å²) in [6.45, 7) is 10.3. The Morgan fingerprint density at radius 1 is 1.44 bits per heavy atom. The maximum absolute atomic E-state index is 5.42. The third-order valence-corrected chi connectivity index (χ3v) is 1.96. The molecule has 0 fully saturated rings. The lowest BCUT2D eigenvalue weighted by atomic mass is 10.4. The first-order chi connectivity index (χ1) is 8.72. The van der Waals surface area contributed by atoms with E-state index in [-0.39, 0.29) is 0 Å². The van der Waals surface area contributed by atoms with Crippen LogP contribution in [0.4, 0.5) is 5.95 Å². The van der Waals surface area contributed by atoms with Gasteiger partial charge in [-0.05, 0) is 13.3 Å². The van der Waals surface area contributed by atoms with Crippen LogP contribution in [0.25, 0.3) is 0 Å². The van der Waals surface area contributed by atoms with Crippen LogP contribution in [0.15, 0.2) is 24.4 Å². The molecule has 1 N–H and O–H groups in total. The molecular formula is C13H21N3O2. The Morgan fingerprint density at radius 3 is 3.00 bits per heavy atom. The van der Waals surface area contributed by atoms with Gasteiger partial charge in [-0.15, -0.1) is 0 Å². The molecule has 0 aromatic carbocycles. The molecule has 1 aromatic rings. The molecule has 0 saturated carbocycles. The highest BCUT2D eigenvalue weighted by molar-refractivity contribution is 5.27. The molecule has 100 valence electrons. The topological polar surface area (TPSA) is 56.3 Å². The molecule has 18 heavy (non-hydrogen) atoms. The molecule has 1 rings (SSSR count). The molecule has 0 aliphatic rings. The van der Waals surface area contributed by atoms with Crippen LogP contribution in [-0.4, -0.2) is 36.3 Å². The average Bonchev–Trinajstić information content (AvgIpc) is 2.36. The fraction of sp³-hybridized carbons (Fsp3) is 0.538. The standard InChI is InChI=1S/C13H21N3O2/c1-4-8-18-12-5-6-14-13(16-12)15-7-9-17-10-11(2)3/h5-6H,2,4,7-10H2,1,3H3,(H,14,15,16). The molecule has 1 aromatic heterocycles. The normalized spacial score (nSPS) is 10.1. The lowest BCUT2D eigenvalue weighted by Crippen LogP contribution is -2.12. The van der Waals surface area contributed by atoms with Crippen molar-refractivity contribution in [2.24, 2.45) is 0 Å². The molecule has 0 atom stereocenters. The second-order valence-corrected chi connectivity index (χ2v) is 4.00. The van der Waals surface area contributed by atoms with Crippen LogP contribution in [0.1, 0.15) is 20.3 Å². The molecule has 5 nitrogen and oxygen atoms in total. The maximum Gasteiger partial charge on any atom is 0.226 e. The molecular weight excluding hydrogens is 230 g/mol. The van der Waals surface area contributed by atoms with E-state index in [0.717, 1.165) is 12.0 Å². The van der Waals surface area contributed by atoms with Gasteiger partial charge >= 0.3 is 0 Å². The van der Waals surface area contributed by atoms with Crippen molar-refractivity contribution < 1.29 is 9.47 Å². The van der Waals surface area contributed by atoms with E-state index in [1.165, 1.54) is 0 Å². The van der Waals surface area contributed by atoms with Crippen molar-refractivity contribution in [2.45, 2.75) is 20.3 Å². The van der Waals surface area contributed by atoms with Gasteiger partial charge in [-0.25, -0.2) is 4.98 Å². The minimum absolute atomic E-state index is 0.558. The maximum atomic E-state index is 5.42. The molecule has 0 bridgehead atoms. The third-order valence-electron chi connectivity index (χ3n) is 1.96. The van der Waals surface area contributed by atoms with Gasteiger partial charge in [-0.2, -0.15) is 4.98 Å². The minimum atomic E-state index is 0.558. The van der Waals surface area contributed by atoms with Crippen LogP contribution in [0.5, 0.6) is 5.88 Å². The highest BCUT2D eigenvalue weighted by atomic mass is 16.5. The lowest BCUT2D eigenvalue weighted by Gasteiger charge is -2.07. The Hall–Kier alpha value is -1.62. The van der Waals surface area contributed by atoms with E-state index < -0.39 is 0 Å². The summed E-state index contributed by atoms with van der Waals surface area (Å²) in [5.74, 6) is 1.15. The summed E-state index contributed by atoms with van der Waals surface area (Å²) in [7, 11) is 0. The largest absolute Gasteiger partial charge is 0.478 e. The second kappa shape index (κ2) is 8.47. The van der Waals surface area contributed by atoms with Crippen molar-refractivity contribution >= 4 is 5.95 Å². The van der Waals surface area contributed by atoms with E-state index in [4.69, 9.17) is 9.47 Å². The number of rotatable bonds is 9. The molecule has 0 aliphatic heterocycles. The molecule has 5 heteroatoms. The Labute approximate surface area is 108 Å². The van der Waals surface area contributed by atoms with Crippen LogP contribution in [0, 0.1) is 0 Å². The summed E-state index contributed by atoms with van der Waals surface area (Å²) in [5, 5.41) is 3.08. The molecule has 0 saturated heterocycles. The number of anilines is 1. The highest BCUT2D eigenvalue weighted by Gasteiger charge is 1.99. The fourth-order valence-electron chi connectivity index (χ4n) is 1.20. The summed E-state index contributed by atoms with van der Waals surface area (Å²) in [6.07, 6.45) is 2.64. The Bertz CT molecular complexity index is 369. The van der Waals surface area contributed by atoms with Crippen LogP contribution in [0.2, 0.25) is 0 Å². The summed E-state index contributed by atoms with van der Waals surface area (Å²) < 4.78 is 10.8. The van der Waals surface area contributed by atoms with E-state index in [0.29, 0.717) is 38.2 Å². The van der Waals surface area contributed by atoms with Gasteiger partial charge in [0.15, 0.2) is 0 Å². The summed E-state index contributed by atoms with van der Waals surface area (Å²) in [6, 6.07) is 1.75. The third kappa shape index (κ3) is 6.20. The molecule has 0 spiro atoms. The van der Waals surface area contributed by atoms with E-state index in [1.807, 2.05) is 6.92 Å². The number of hydrogen-bond acceptors (Lipinski definition) is 5. The Kier molecular flexibility index (Phi) is 6.79. The van der Waals surface area contributed by atoms with Crippen LogP contribution in [0.3, 0.4) is 0 Å². The average molecular weight is 251 g/mol. The van der Waals surface area contributed by atoms with Gasteiger partial charge in [-0.3, -0.25) is 0 Å². The SMILES string of the molecule is C=C(C)COCCNc1nccc(OCCC)n1. The smallest absolute Gasteiger partial charge is 0.226 e. The van der Waals surface area contributed by atoms with Gasteiger partial charge in [0.1, 0.15) is 0 Å². The molecule has 0 radical (unpaired) electrons. The Morgan fingerprint density at radius 2 is 2.28 bits per heavy atom. The zero-order chi connectivity index (χ0) is 13.2. The number of hydrogen-bond donors (Lipinski definition) is 1. The predicted molar refractivity (Wildman–Crippen MR) is 71.9 cm³/mol. The minimum Gasteiger partial charge on any atom is -0.478 e.